The quantitative estimate of drug-likeness (QED) is 0.822. The van der Waals surface area contributed by atoms with Gasteiger partial charge < -0.3 is 9.57 Å². The van der Waals surface area contributed by atoms with Crippen LogP contribution in [0.3, 0.4) is 0 Å². The summed E-state index contributed by atoms with van der Waals surface area (Å²) in [6.07, 6.45) is 0. The Hall–Kier alpha value is -1.87. The highest BCUT2D eigenvalue weighted by Crippen LogP contribution is 2.19. The standard InChI is InChI=1S/C14H14ClNO2/c1-2-17-13-6-8-14(9-7-13)18-16-12-5-3-4-11(15)10-12/h3-10,16H,2H2,1H3. The molecule has 0 aliphatic rings. The maximum atomic E-state index is 5.87. The lowest BCUT2D eigenvalue weighted by atomic mass is 10.3. The zero-order chi connectivity index (χ0) is 12.8. The minimum absolute atomic E-state index is 0.654. The fourth-order valence-electron chi connectivity index (χ4n) is 1.44. The number of hydrogen-bond donors (Lipinski definition) is 1. The lowest BCUT2D eigenvalue weighted by molar-refractivity contribution is 0.339. The first kappa shape index (κ1) is 12.6. The van der Waals surface area contributed by atoms with E-state index in [9.17, 15) is 0 Å². The van der Waals surface area contributed by atoms with Gasteiger partial charge in [-0.1, -0.05) is 17.7 Å². The van der Waals surface area contributed by atoms with Crippen LogP contribution in [0.5, 0.6) is 11.5 Å². The van der Waals surface area contributed by atoms with Crippen molar-refractivity contribution in [2.75, 3.05) is 12.1 Å². The average molecular weight is 264 g/mol. The number of anilines is 1. The van der Waals surface area contributed by atoms with E-state index in [0.29, 0.717) is 17.4 Å². The Kier molecular flexibility index (Phi) is 4.31. The van der Waals surface area contributed by atoms with E-state index in [0.717, 1.165) is 11.4 Å². The molecule has 1 N–H and O–H groups in total. The Labute approximate surface area is 111 Å². The Morgan fingerprint density at radius 2 is 1.78 bits per heavy atom. The predicted octanol–water partition coefficient (Wildman–Crippen LogP) is 4.14. The van der Waals surface area contributed by atoms with E-state index in [1.54, 1.807) is 6.07 Å². The third-order valence-corrected chi connectivity index (χ3v) is 2.48. The fraction of sp³-hybridized carbons (Fsp3) is 0.143. The summed E-state index contributed by atoms with van der Waals surface area (Å²) in [4.78, 5) is 5.42. The molecule has 18 heavy (non-hydrogen) atoms. The van der Waals surface area contributed by atoms with E-state index in [2.05, 4.69) is 5.48 Å². The molecule has 0 amide bonds. The molecule has 4 heteroatoms. The van der Waals surface area contributed by atoms with E-state index in [-0.39, 0.29) is 0 Å². The molecule has 0 unspecified atom stereocenters. The smallest absolute Gasteiger partial charge is 0.155 e. The van der Waals surface area contributed by atoms with Crippen molar-refractivity contribution in [2.24, 2.45) is 0 Å². The highest BCUT2D eigenvalue weighted by molar-refractivity contribution is 6.30. The molecule has 2 aromatic carbocycles. The number of hydrogen-bond acceptors (Lipinski definition) is 3. The van der Waals surface area contributed by atoms with Gasteiger partial charge in [-0.2, -0.15) is 0 Å². The van der Waals surface area contributed by atoms with Crippen molar-refractivity contribution >= 4 is 17.3 Å². The zero-order valence-corrected chi connectivity index (χ0v) is 10.8. The Morgan fingerprint density at radius 1 is 1.06 bits per heavy atom. The summed E-state index contributed by atoms with van der Waals surface area (Å²) < 4.78 is 5.35. The highest BCUT2D eigenvalue weighted by Gasteiger charge is 1.97. The van der Waals surface area contributed by atoms with Crippen molar-refractivity contribution < 1.29 is 9.57 Å². The summed E-state index contributed by atoms with van der Waals surface area (Å²) >= 11 is 5.87. The topological polar surface area (TPSA) is 30.5 Å². The average Bonchev–Trinajstić information content (AvgIpc) is 2.38. The van der Waals surface area contributed by atoms with E-state index in [1.165, 1.54) is 0 Å². The van der Waals surface area contributed by atoms with Crippen LogP contribution in [0.4, 0.5) is 5.69 Å². The third-order valence-electron chi connectivity index (χ3n) is 2.25. The largest absolute Gasteiger partial charge is 0.494 e. The van der Waals surface area contributed by atoms with Gasteiger partial charge in [0.15, 0.2) is 5.75 Å². The van der Waals surface area contributed by atoms with E-state index in [4.69, 9.17) is 21.2 Å². The Bertz CT molecular complexity index is 499. The van der Waals surface area contributed by atoms with Crippen molar-refractivity contribution in [3.05, 3.63) is 53.6 Å². The van der Waals surface area contributed by atoms with Crippen LogP contribution in [0, 0.1) is 0 Å². The van der Waals surface area contributed by atoms with Gasteiger partial charge in [0.25, 0.3) is 0 Å². The molecule has 0 saturated carbocycles. The second-order valence-corrected chi connectivity index (χ2v) is 4.06. The SMILES string of the molecule is CCOc1ccc(ONc2cccc(Cl)c2)cc1. The van der Waals surface area contributed by atoms with Crippen LogP contribution < -0.4 is 15.1 Å². The summed E-state index contributed by atoms with van der Waals surface area (Å²) in [6.45, 7) is 2.60. The normalized spacial score (nSPS) is 9.89. The molecule has 0 radical (unpaired) electrons. The van der Waals surface area contributed by atoms with E-state index >= 15 is 0 Å². The number of halogens is 1. The molecule has 0 fully saturated rings. The number of ether oxygens (including phenoxy) is 1. The lowest BCUT2D eigenvalue weighted by Gasteiger charge is -2.09. The second kappa shape index (κ2) is 6.17. The van der Waals surface area contributed by atoms with Gasteiger partial charge in [0.05, 0.1) is 12.3 Å². The maximum Gasteiger partial charge on any atom is 0.155 e. The molecule has 0 aliphatic carbocycles. The molecule has 0 saturated heterocycles. The lowest BCUT2D eigenvalue weighted by Crippen LogP contribution is -2.04. The first-order valence-electron chi connectivity index (χ1n) is 5.69. The van der Waals surface area contributed by atoms with Crippen molar-refractivity contribution in [3.63, 3.8) is 0 Å². The van der Waals surface area contributed by atoms with Gasteiger partial charge in [-0.3, -0.25) is 0 Å². The van der Waals surface area contributed by atoms with Gasteiger partial charge in [-0.25, -0.2) is 5.48 Å². The van der Waals surface area contributed by atoms with Gasteiger partial charge in [0.1, 0.15) is 5.75 Å². The number of nitrogens with one attached hydrogen (secondary N) is 1. The van der Waals surface area contributed by atoms with Crippen LogP contribution in [0.15, 0.2) is 48.5 Å². The first-order chi connectivity index (χ1) is 8.78. The van der Waals surface area contributed by atoms with Crippen molar-refractivity contribution in [1.29, 1.82) is 0 Å². The summed E-state index contributed by atoms with van der Waals surface area (Å²) in [5.74, 6) is 1.53. The van der Waals surface area contributed by atoms with Gasteiger partial charge in [0.2, 0.25) is 0 Å². The van der Waals surface area contributed by atoms with Crippen molar-refractivity contribution in [1.82, 2.24) is 0 Å². The van der Waals surface area contributed by atoms with Gasteiger partial charge in [-0.15, -0.1) is 0 Å². The molecule has 94 valence electrons. The molecular weight excluding hydrogens is 250 g/mol. The highest BCUT2D eigenvalue weighted by atomic mass is 35.5. The van der Waals surface area contributed by atoms with E-state index < -0.39 is 0 Å². The molecule has 0 atom stereocenters. The molecule has 3 nitrogen and oxygen atoms in total. The van der Waals surface area contributed by atoms with Crippen LogP contribution in [-0.2, 0) is 0 Å². The molecule has 0 spiro atoms. The fourth-order valence-corrected chi connectivity index (χ4v) is 1.63. The first-order valence-corrected chi connectivity index (χ1v) is 6.07. The maximum absolute atomic E-state index is 5.87. The van der Waals surface area contributed by atoms with Crippen LogP contribution >= 0.6 is 11.6 Å². The Balaban J connectivity index is 1.93. The van der Waals surface area contributed by atoms with Crippen molar-refractivity contribution in [2.45, 2.75) is 6.92 Å². The number of rotatable bonds is 5. The van der Waals surface area contributed by atoms with Gasteiger partial charge in [-0.05, 0) is 49.4 Å². The van der Waals surface area contributed by atoms with Crippen LogP contribution in [0.25, 0.3) is 0 Å². The van der Waals surface area contributed by atoms with Gasteiger partial charge >= 0.3 is 0 Å². The predicted molar refractivity (Wildman–Crippen MR) is 73.3 cm³/mol. The summed E-state index contributed by atoms with van der Waals surface area (Å²) in [7, 11) is 0. The molecular formula is C14H14ClNO2. The Morgan fingerprint density at radius 3 is 2.44 bits per heavy atom. The van der Waals surface area contributed by atoms with Crippen molar-refractivity contribution in [3.8, 4) is 11.5 Å². The molecule has 0 heterocycles. The van der Waals surface area contributed by atoms with Crippen LogP contribution in [-0.4, -0.2) is 6.61 Å². The zero-order valence-electron chi connectivity index (χ0n) is 10.0. The summed E-state index contributed by atoms with van der Waals surface area (Å²) in [5.41, 5.74) is 3.63. The number of benzene rings is 2. The van der Waals surface area contributed by atoms with Gasteiger partial charge in [0, 0.05) is 5.02 Å². The summed E-state index contributed by atoms with van der Waals surface area (Å²) in [5, 5.41) is 0.662. The molecule has 2 aromatic rings. The van der Waals surface area contributed by atoms with E-state index in [1.807, 2.05) is 49.4 Å². The second-order valence-electron chi connectivity index (χ2n) is 3.62. The summed E-state index contributed by atoms with van der Waals surface area (Å²) in [6, 6.07) is 14.7. The van der Waals surface area contributed by atoms with Crippen LogP contribution in [0.1, 0.15) is 6.92 Å². The minimum Gasteiger partial charge on any atom is -0.494 e. The third kappa shape index (κ3) is 3.57. The molecule has 2 rings (SSSR count). The molecule has 0 bridgehead atoms. The van der Waals surface area contributed by atoms with Crippen LogP contribution in [0.2, 0.25) is 5.02 Å². The minimum atomic E-state index is 0.654. The molecule has 0 aromatic heterocycles. The monoisotopic (exact) mass is 263 g/mol. The molecule has 0 aliphatic heterocycles.